The van der Waals surface area contributed by atoms with Crippen molar-refractivity contribution in [1.29, 1.82) is 0 Å². The van der Waals surface area contributed by atoms with E-state index in [0.29, 0.717) is 5.56 Å². The molecule has 1 atom stereocenters. The van der Waals surface area contributed by atoms with Gasteiger partial charge in [0.05, 0.1) is 25.7 Å². The lowest BCUT2D eigenvalue weighted by molar-refractivity contribution is -0.142. The number of methoxy groups -OCH3 is 2. The Morgan fingerprint density at radius 3 is 2.20 bits per heavy atom. The molecule has 0 spiro atoms. The van der Waals surface area contributed by atoms with Gasteiger partial charge in [0, 0.05) is 0 Å². The van der Waals surface area contributed by atoms with Crippen LogP contribution in [0.15, 0.2) is 24.3 Å². The second-order valence-corrected chi connectivity index (χ2v) is 4.69. The Hall–Kier alpha value is -1.84. The highest BCUT2D eigenvalue weighted by Crippen LogP contribution is 2.24. The van der Waals surface area contributed by atoms with Gasteiger partial charge >= 0.3 is 11.9 Å². The Labute approximate surface area is 120 Å². The number of carbonyl (C=O) groups excluding carboxylic acids is 2. The third kappa shape index (κ3) is 4.37. The van der Waals surface area contributed by atoms with E-state index in [1.165, 1.54) is 14.2 Å². The molecular formula is C16H22O4. The van der Waals surface area contributed by atoms with Crippen LogP contribution in [0.2, 0.25) is 0 Å². The Morgan fingerprint density at radius 2 is 1.70 bits per heavy atom. The normalized spacial score (nSPS) is 11.8. The van der Waals surface area contributed by atoms with Crippen molar-refractivity contribution < 1.29 is 19.1 Å². The third-order valence-electron chi connectivity index (χ3n) is 3.32. The van der Waals surface area contributed by atoms with Crippen molar-refractivity contribution in [1.82, 2.24) is 0 Å². The second kappa shape index (κ2) is 8.35. The highest BCUT2D eigenvalue weighted by atomic mass is 16.5. The number of benzene rings is 1. The van der Waals surface area contributed by atoms with Crippen LogP contribution in [0.3, 0.4) is 0 Å². The summed E-state index contributed by atoms with van der Waals surface area (Å²) < 4.78 is 9.52. The van der Waals surface area contributed by atoms with Crippen molar-refractivity contribution in [2.45, 2.75) is 38.5 Å². The molecule has 0 heterocycles. The first-order valence-corrected chi connectivity index (χ1v) is 6.90. The molecule has 0 bridgehead atoms. The smallest absolute Gasteiger partial charge is 0.337 e. The average molecular weight is 278 g/mol. The van der Waals surface area contributed by atoms with Crippen molar-refractivity contribution in [2.24, 2.45) is 0 Å². The van der Waals surface area contributed by atoms with E-state index in [-0.39, 0.29) is 17.9 Å². The van der Waals surface area contributed by atoms with Crippen LogP contribution in [0.5, 0.6) is 0 Å². The summed E-state index contributed by atoms with van der Waals surface area (Å²) in [7, 11) is 2.75. The monoisotopic (exact) mass is 278 g/mol. The van der Waals surface area contributed by atoms with Crippen molar-refractivity contribution in [3.8, 4) is 0 Å². The minimum absolute atomic E-state index is 0.230. The van der Waals surface area contributed by atoms with Crippen LogP contribution in [-0.4, -0.2) is 26.2 Å². The number of hydrogen-bond donors (Lipinski definition) is 0. The van der Waals surface area contributed by atoms with Gasteiger partial charge in [0.25, 0.3) is 0 Å². The van der Waals surface area contributed by atoms with Gasteiger partial charge in [0.2, 0.25) is 0 Å². The average Bonchev–Trinajstić information content (AvgIpc) is 2.50. The summed E-state index contributed by atoms with van der Waals surface area (Å²) in [6.45, 7) is 2.12. The van der Waals surface area contributed by atoms with Crippen LogP contribution < -0.4 is 0 Å². The lowest BCUT2D eigenvalue weighted by atomic mass is 9.92. The van der Waals surface area contributed by atoms with Gasteiger partial charge in [-0.15, -0.1) is 0 Å². The van der Waals surface area contributed by atoms with E-state index in [2.05, 4.69) is 11.7 Å². The second-order valence-electron chi connectivity index (χ2n) is 4.69. The molecule has 1 rings (SSSR count). The number of rotatable bonds is 7. The minimum atomic E-state index is -0.378. The van der Waals surface area contributed by atoms with Gasteiger partial charge in [-0.1, -0.05) is 38.3 Å². The van der Waals surface area contributed by atoms with E-state index in [1.807, 2.05) is 0 Å². The van der Waals surface area contributed by atoms with E-state index < -0.39 is 0 Å². The molecule has 0 aliphatic rings. The zero-order chi connectivity index (χ0) is 15.0. The molecule has 20 heavy (non-hydrogen) atoms. The van der Waals surface area contributed by atoms with Crippen LogP contribution in [0.1, 0.15) is 54.4 Å². The van der Waals surface area contributed by atoms with Gasteiger partial charge in [-0.2, -0.15) is 0 Å². The van der Waals surface area contributed by atoms with Crippen LogP contribution in [0.25, 0.3) is 0 Å². The molecular weight excluding hydrogens is 256 g/mol. The SMILES string of the molecule is CCCCCC(C(=O)OC)c1ccc(C(=O)OC)cc1. The van der Waals surface area contributed by atoms with Gasteiger partial charge in [-0.05, 0) is 24.1 Å². The summed E-state index contributed by atoms with van der Waals surface area (Å²) in [5.74, 6) is -0.873. The highest BCUT2D eigenvalue weighted by molar-refractivity contribution is 5.89. The van der Waals surface area contributed by atoms with Crippen LogP contribution in [-0.2, 0) is 14.3 Å². The van der Waals surface area contributed by atoms with Gasteiger partial charge < -0.3 is 9.47 Å². The fraction of sp³-hybridized carbons (Fsp3) is 0.500. The number of carbonyl (C=O) groups is 2. The highest BCUT2D eigenvalue weighted by Gasteiger charge is 2.21. The minimum Gasteiger partial charge on any atom is -0.469 e. The summed E-state index contributed by atoms with van der Waals surface area (Å²) in [4.78, 5) is 23.2. The zero-order valence-corrected chi connectivity index (χ0v) is 12.3. The molecule has 0 radical (unpaired) electrons. The van der Waals surface area contributed by atoms with Crippen LogP contribution >= 0.6 is 0 Å². The first-order chi connectivity index (χ1) is 9.63. The fourth-order valence-electron chi connectivity index (χ4n) is 2.13. The maximum Gasteiger partial charge on any atom is 0.337 e. The molecule has 0 aliphatic carbocycles. The maximum atomic E-state index is 11.9. The quantitative estimate of drug-likeness (QED) is 0.567. The zero-order valence-electron chi connectivity index (χ0n) is 12.3. The molecule has 1 unspecified atom stereocenters. The maximum absolute atomic E-state index is 11.9. The Bertz CT molecular complexity index is 436. The molecule has 110 valence electrons. The van der Waals surface area contributed by atoms with E-state index >= 15 is 0 Å². The van der Waals surface area contributed by atoms with Crippen LogP contribution in [0, 0.1) is 0 Å². The lowest BCUT2D eigenvalue weighted by Gasteiger charge is -2.15. The van der Waals surface area contributed by atoms with E-state index in [0.717, 1.165) is 31.2 Å². The predicted octanol–water partition coefficient (Wildman–Crippen LogP) is 3.31. The fourth-order valence-corrected chi connectivity index (χ4v) is 2.13. The summed E-state index contributed by atoms with van der Waals surface area (Å²) in [5.41, 5.74) is 1.36. The van der Waals surface area contributed by atoms with Gasteiger partial charge in [-0.3, -0.25) is 4.79 Å². The van der Waals surface area contributed by atoms with Crippen molar-refractivity contribution in [2.75, 3.05) is 14.2 Å². The molecule has 0 amide bonds. The summed E-state index contributed by atoms with van der Waals surface area (Å²) >= 11 is 0. The lowest BCUT2D eigenvalue weighted by Crippen LogP contribution is -2.14. The Balaban J connectivity index is 2.84. The van der Waals surface area contributed by atoms with E-state index in [9.17, 15) is 9.59 Å². The van der Waals surface area contributed by atoms with Crippen molar-refractivity contribution in [3.05, 3.63) is 35.4 Å². The van der Waals surface area contributed by atoms with Crippen molar-refractivity contribution in [3.63, 3.8) is 0 Å². The van der Waals surface area contributed by atoms with Gasteiger partial charge in [0.15, 0.2) is 0 Å². The molecule has 0 fully saturated rings. The number of unbranched alkanes of at least 4 members (excludes halogenated alkanes) is 2. The molecule has 4 heteroatoms. The predicted molar refractivity (Wildman–Crippen MR) is 76.7 cm³/mol. The molecule has 1 aromatic rings. The van der Waals surface area contributed by atoms with Crippen molar-refractivity contribution >= 4 is 11.9 Å². The van der Waals surface area contributed by atoms with E-state index in [4.69, 9.17) is 4.74 Å². The summed E-state index contributed by atoms with van der Waals surface area (Å²) in [6.07, 6.45) is 3.94. The first kappa shape index (κ1) is 16.2. The van der Waals surface area contributed by atoms with E-state index in [1.54, 1.807) is 24.3 Å². The number of ether oxygens (including phenoxy) is 2. The Kier molecular flexibility index (Phi) is 6.77. The summed E-state index contributed by atoms with van der Waals surface area (Å²) in [5, 5.41) is 0. The summed E-state index contributed by atoms with van der Waals surface area (Å²) in [6, 6.07) is 6.94. The molecule has 0 aromatic heterocycles. The molecule has 1 aromatic carbocycles. The number of hydrogen-bond acceptors (Lipinski definition) is 4. The van der Waals surface area contributed by atoms with Crippen LogP contribution in [0.4, 0.5) is 0 Å². The first-order valence-electron chi connectivity index (χ1n) is 6.90. The third-order valence-corrected chi connectivity index (χ3v) is 3.32. The van der Waals surface area contributed by atoms with Gasteiger partial charge in [0.1, 0.15) is 0 Å². The molecule has 0 saturated heterocycles. The standard InChI is InChI=1S/C16H22O4/c1-4-5-6-7-14(16(18)20-3)12-8-10-13(11-9-12)15(17)19-2/h8-11,14H,4-7H2,1-3H3. The Morgan fingerprint density at radius 1 is 1.05 bits per heavy atom. The number of esters is 2. The molecule has 0 saturated carbocycles. The largest absolute Gasteiger partial charge is 0.469 e. The topological polar surface area (TPSA) is 52.6 Å². The molecule has 0 N–H and O–H groups in total. The van der Waals surface area contributed by atoms with Gasteiger partial charge in [-0.25, -0.2) is 4.79 Å². The molecule has 4 nitrogen and oxygen atoms in total. The molecule has 0 aliphatic heterocycles.